The third-order valence-corrected chi connectivity index (χ3v) is 2.22. The molecule has 4 nitrogen and oxygen atoms in total. The Balaban J connectivity index is 3.52. The van der Waals surface area contributed by atoms with Crippen molar-refractivity contribution in [3.8, 4) is 0 Å². The Labute approximate surface area is 82.7 Å². The Morgan fingerprint density at radius 2 is 2.31 bits per heavy atom. The first kappa shape index (κ1) is 9.85. The highest BCUT2D eigenvalue weighted by Gasteiger charge is 2.16. The summed E-state index contributed by atoms with van der Waals surface area (Å²) in [6, 6.07) is 0. The number of nitrogens with zero attached hydrogens (tertiary/aromatic N) is 1. The number of carbonyl (C=O) groups excluding carboxylic acids is 1. The van der Waals surface area contributed by atoms with E-state index in [4.69, 9.17) is 5.11 Å². The lowest BCUT2D eigenvalue weighted by Crippen LogP contribution is -2.07. The van der Waals surface area contributed by atoms with E-state index in [1.807, 2.05) is 0 Å². The van der Waals surface area contributed by atoms with Crippen molar-refractivity contribution in [2.75, 3.05) is 0 Å². The van der Waals surface area contributed by atoms with Gasteiger partial charge < -0.3 is 5.11 Å². The van der Waals surface area contributed by atoms with Crippen LogP contribution in [0.15, 0.2) is 10.7 Å². The lowest BCUT2D eigenvalue weighted by molar-refractivity contribution is 0.0692. The van der Waals surface area contributed by atoms with Crippen LogP contribution in [0.2, 0.25) is 0 Å². The van der Waals surface area contributed by atoms with Gasteiger partial charge in [0.15, 0.2) is 6.29 Å². The maximum absolute atomic E-state index is 10.7. The molecule has 0 unspecified atom stereocenters. The van der Waals surface area contributed by atoms with Gasteiger partial charge >= 0.3 is 5.97 Å². The van der Waals surface area contributed by atoms with E-state index in [1.54, 1.807) is 6.92 Å². The number of aldehydes is 1. The number of carboxylic acid groups (broad SMARTS) is 1. The van der Waals surface area contributed by atoms with Crippen molar-refractivity contribution in [2.45, 2.75) is 6.92 Å². The summed E-state index contributed by atoms with van der Waals surface area (Å²) in [5.41, 5.74) is 0.405. The quantitative estimate of drug-likeness (QED) is 0.803. The van der Waals surface area contributed by atoms with Crippen LogP contribution in [0.1, 0.15) is 26.4 Å². The highest BCUT2D eigenvalue weighted by atomic mass is 79.9. The number of carboxylic acids is 1. The number of halogens is 1. The zero-order valence-corrected chi connectivity index (χ0v) is 8.33. The molecule has 0 bridgehead atoms. The van der Waals surface area contributed by atoms with Gasteiger partial charge in [0.2, 0.25) is 0 Å². The van der Waals surface area contributed by atoms with Crippen LogP contribution >= 0.6 is 15.9 Å². The molecular formula is C8H6BrNO3. The fraction of sp³-hybridized carbons (Fsp3) is 0.125. The van der Waals surface area contributed by atoms with E-state index in [0.29, 0.717) is 16.5 Å². The fourth-order valence-electron chi connectivity index (χ4n) is 0.987. The summed E-state index contributed by atoms with van der Waals surface area (Å²) >= 11 is 3.05. The Kier molecular flexibility index (Phi) is 2.77. The lowest BCUT2D eigenvalue weighted by Gasteiger charge is -2.03. The molecule has 0 atom stereocenters. The zero-order chi connectivity index (χ0) is 10.0. The molecule has 0 fully saturated rings. The summed E-state index contributed by atoms with van der Waals surface area (Å²) in [5.74, 6) is -1.14. The second-order valence-corrected chi connectivity index (χ2v) is 3.26. The SMILES string of the molecule is Cc1ncc(Br)c(C=O)c1C(=O)O. The summed E-state index contributed by atoms with van der Waals surface area (Å²) in [6.45, 7) is 1.54. The average Bonchev–Trinajstić information content (AvgIpc) is 2.07. The van der Waals surface area contributed by atoms with Gasteiger partial charge in [-0.15, -0.1) is 0 Å². The van der Waals surface area contributed by atoms with Crippen LogP contribution in [0.25, 0.3) is 0 Å². The zero-order valence-electron chi connectivity index (χ0n) is 6.74. The average molecular weight is 244 g/mol. The van der Waals surface area contributed by atoms with E-state index in [1.165, 1.54) is 6.20 Å². The summed E-state index contributed by atoms with van der Waals surface area (Å²) in [5, 5.41) is 8.78. The van der Waals surface area contributed by atoms with Gasteiger partial charge in [-0.05, 0) is 22.9 Å². The molecule has 1 N–H and O–H groups in total. The van der Waals surface area contributed by atoms with Crippen molar-refractivity contribution in [1.82, 2.24) is 4.98 Å². The van der Waals surface area contributed by atoms with E-state index in [9.17, 15) is 9.59 Å². The smallest absolute Gasteiger partial charge is 0.338 e. The monoisotopic (exact) mass is 243 g/mol. The topological polar surface area (TPSA) is 67.3 Å². The third kappa shape index (κ3) is 1.75. The van der Waals surface area contributed by atoms with Gasteiger partial charge in [0.05, 0.1) is 11.3 Å². The second kappa shape index (κ2) is 3.66. The molecule has 0 aromatic carbocycles. The summed E-state index contributed by atoms with van der Waals surface area (Å²) in [6.07, 6.45) is 1.91. The first-order chi connectivity index (χ1) is 6.07. The molecule has 1 heterocycles. The first-order valence-corrected chi connectivity index (χ1v) is 4.20. The van der Waals surface area contributed by atoms with Crippen molar-refractivity contribution in [2.24, 2.45) is 0 Å². The van der Waals surface area contributed by atoms with Crippen molar-refractivity contribution in [1.29, 1.82) is 0 Å². The number of pyridine rings is 1. The van der Waals surface area contributed by atoms with Crippen molar-refractivity contribution in [3.05, 3.63) is 27.5 Å². The minimum absolute atomic E-state index is 0.0515. The number of hydrogen-bond donors (Lipinski definition) is 1. The van der Waals surface area contributed by atoms with Gasteiger partial charge in [-0.3, -0.25) is 9.78 Å². The number of aromatic nitrogens is 1. The molecule has 0 amide bonds. The highest BCUT2D eigenvalue weighted by molar-refractivity contribution is 9.10. The molecule has 0 aliphatic rings. The molecule has 5 heteroatoms. The van der Waals surface area contributed by atoms with Crippen LogP contribution in [0.5, 0.6) is 0 Å². The molecular weight excluding hydrogens is 238 g/mol. The van der Waals surface area contributed by atoms with E-state index in [2.05, 4.69) is 20.9 Å². The summed E-state index contributed by atoms with van der Waals surface area (Å²) in [7, 11) is 0. The molecule has 1 aromatic heterocycles. The number of aromatic carboxylic acids is 1. The van der Waals surface area contributed by atoms with E-state index in [-0.39, 0.29) is 11.1 Å². The van der Waals surface area contributed by atoms with Gasteiger partial charge in [-0.1, -0.05) is 0 Å². The van der Waals surface area contributed by atoms with E-state index in [0.717, 1.165) is 0 Å². The summed E-state index contributed by atoms with van der Waals surface area (Å²) < 4.78 is 0.394. The second-order valence-electron chi connectivity index (χ2n) is 2.40. The molecule has 0 saturated carbocycles. The van der Waals surface area contributed by atoms with Crippen molar-refractivity contribution < 1.29 is 14.7 Å². The van der Waals surface area contributed by atoms with Crippen LogP contribution < -0.4 is 0 Å². The van der Waals surface area contributed by atoms with Crippen LogP contribution in [-0.2, 0) is 0 Å². The summed E-state index contributed by atoms with van der Waals surface area (Å²) in [4.78, 5) is 25.1. The van der Waals surface area contributed by atoms with Gasteiger partial charge in [-0.2, -0.15) is 0 Å². The van der Waals surface area contributed by atoms with Gasteiger partial charge in [-0.25, -0.2) is 4.79 Å². The van der Waals surface area contributed by atoms with E-state index >= 15 is 0 Å². The van der Waals surface area contributed by atoms with Gasteiger partial charge in [0.1, 0.15) is 0 Å². The van der Waals surface area contributed by atoms with Crippen LogP contribution in [0.3, 0.4) is 0 Å². The molecule has 68 valence electrons. The molecule has 0 spiro atoms. The Bertz CT molecular complexity index is 376. The predicted molar refractivity (Wildman–Crippen MR) is 49.0 cm³/mol. The highest BCUT2D eigenvalue weighted by Crippen LogP contribution is 2.19. The van der Waals surface area contributed by atoms with Gasteiger partial charge in [0.25, 0.3) is 0 Å². The lowest BCUT2D eigenvalue weighted by atomic mass is 10.1. The van der Waals surface area contributed by atoms with Crippen molar-refractivity contribution >= 4 is 28.2 Å². The molecule has 13 heavy (non-hydrogen) atoms. The number of aryl methyl sites for hydroxylation is 1. The first-order valence-electron chi connectivity index (χ1n) is 3.41. The standard InChI is InChI=1S/C8H6BrNO3/c1-4-7(8(12)13)5(3-11)6(9)2-10-4/h2-3H,1H3,(H,12,13). The Morgan fingerprint density at radius 3 is 2.69 bits per heavy atom. The van der Waals surface area contributed by atoms with Crippen LogP contribution in [-0.4, -0.2) is 22.3 Å². The third-order valence-electron chi connectivity index (χ3n) is 1.59. The minimum Gasteiger partial charge on any atom is -0.478 e. The molecule has 0 aliphatic carbocycles. The predicted octanol–water partition coefficient (Wildman–Crippen LogP) is 1.66. The minimum atomic E-state index is -1.14. The van der Waals surface area contributed by atoms with Crippen molar-refractivity contribution in [3.63, 3.8) is 0 Å². The normalized spacial score (nSPS) is 9.69. The fourth-order valence-corrected chi connectivity index (χ4v) is 1.38. The number of carbonyl (C=O) groups is 2. The maximum Gasteiger partial charge on any atom is 0.338 e. The van der Waals surface area contributed by atoms with Crippen LogP contribution in [0.4, 0.5) is 0 Å². The van der Waals surface area contributed by atoms with Gasteiger partial charge in [0, 0.05) is 16.2 Å². The molecule has 1 aromatic rings. The van der Waals surface area contributed by atoms with E-state index < -0.39 is 5.97 Å². The Morgan fingerprint density at radius 1 is 1.69 bits per heavy atom. The largest absolute Gasteiger partial charge is 0.478 e. The maximum atomic E-state index is 10.7. The molecule has 0 saturated heterocycles. The molecule has 0 radical (unpaired) electrons. The molecule has 0 aliphatic heterocycles. The molecule has 1 rings (SSSR count). The van der Waals surface area contributed by atoms with Crippen LogP contribution in [0, 0.1) is 6.92 Å². The number of rotatable bonds is 2. The number of hydrogen-bond acceptors (Lipinski definition) is 3. The Hall–Kier alpha value is -1.23.